The summed E-state index contributed by atoms with van der Waals surface area (Å²) in [6, 6.07) is 12.5. The van der Waals surface area contributed by atoms with Gasteiger partial charge in [0.25, 0.3) is 11.5 Å². The maximum absolute atomic E-state index is 13.3. The summed E-state index contributed by atoms with van der Waals surface area (Å²) in [5, 5.41) is 3.46. The van der Waals surface area contributed by atoms with Crippen molar-refractivity contribution in [1.82, 2.24) is 9.55 Å². The van der Waals surface area contributed by atoms with Crippen LogP contribution in [-0.2, 0) is 4.79 Å². The van der Waals surface area contributed by atoms with Crippen LogP contribution >= 0.6 is 11.8 Å². The molecule has 164 valence electrons. The van der Waals surface area contributed by atoms with Crippen LogP contribution in [0.5, 0.6) is 5.75 Å². The number of thioether (sulfide) groups is 1. The van der Waals surface area contributed by atoms with Gasteiger partial charge in [-0.05, 0) is 50.1 Å². The number of aromatic nitrogens is 2. The topological polar surface area (TPSA) is 90.3 Å². The maximum Gasteiger partial charge on any atom is 0.262 e. The Hall–Kier alpha value is -3.13. The van der Waals surface area contributed by atoms with Gasteiger partial charge in [-0.2, -0.15) is 0 Å². The Bertz CT molecular complexity index is 1280. The number of ketones is 1. The summed E-state index contributed by atoms with van der Waals surface area (Å²) in [6.45, 7) is 1.79. The molecule has 1 atom stereocenters. The molecule has 2 heterocycles. The molecule has 0 saturated heterocycles. The molecule has 0 bridgehead atoms. The highest BCUT2D eigenvalue weighted by Gasteiger charge is 2.27. The molecule has 1 aliphatic heterocycles. The van der Waals surface area contributed by atoms with Crippen LogP contribution in [0.4, 0.5) is 5.69 Å². The molecule has 1 amide bonds. The number of ether oxygens (including phenoxy) is 1. The molecule has 1 aromatic heterocycles. The first kappa shape index (κ1) is 20.8. The van der Waals surface area contributed by atoms with E-state index in [1.54, 1.807) is 22.8 Å². The Morgan fingerprint density at radius 1 is 1.19 bits per heavy atom. The Labute approximate surface area is 189 Å². The van der Waals surface area contributed by atoms with Crippen molar-refractivity contribution in [1.29, 1.82) is 0 Å². The fourth-order valence-corrected chi connectivity index (χ4v) is 5.43. The van der Waals surface area contributed by atoms with Gasteiger partial charge in [-0.3, -0.25) is 19.0 Å². The monoisotopic (exact) mass is 449 g/mol. The molecule has 0 radical (unpaired) electrons. The average Bonchev–Trinajstić information content (AvgIpc) is 3.32. The predicted octanol–water partition coefficient (Wildman–Crippen LogP) is 4.21. The SMILES string of the molecule is CC(Sc1nc2ccccc2c(=O)n1C1CCCC1)C(=O)c1ccc2c(c1)NC(=O)CO2. The summed E-state index contributed by atoms with van der Waals surface area (Å²) in [6.07, 6.45) is 4.07. The number of hydrogen-bond acceptors (Lipinski definition) is 6. The zero-order chi connectivity index (χ0) is 22.2. The smallest absolute Gasteiger partial charge is 0.262 e. The van der Waals surface area contributed by atoms with Crippen molar-refractivity contribution in [3.05, 3.63) is 58.4 Å². The molecule has 1 saturated carbocycles. The first-order chi connectivity index (χ1) is 15.5. The largest absolute Gasteiger partial charge is 0.482 e. The van der Waals surface area contributed by atoms with E-state index < -0.39 is 5.25 Å². The summed E-state index contributed by atoms with van der Waals surface area (Å²) in [7, 11) is 0. The molecule has 7 nitrogen and oxygen atoms in total. The second-order valence-corrected chi connectivity index (χ2v) is 9.51. The van der Waals surface area contributed by atoms with Gasteiger partial charge in [-0.1, -0.05) is 36.7 Å². The minimum atomic E-state index is -0.464. The van der Waals surface area contributed by atoms with E-state index in [9.17, 15) is 14.4 Å². The second-order valence-electron chi connectivity index (χ2n) is 8.20. The van der Waals surface area contributed by atoms with E-state index in [4.69, 9.17) is 9.72 Å². The molecule has 0 spiro atoms. The Morgan fingerprint density at radius 2 is 1.97 bits per heavy atom. The third kappa shape index (κ3) is 3.79. The number of fused-ring (bicyclic) bond motifs is 2. The quantitative estimate of drug-likeness (QED) is 0.357. The number of nitrogens with one attached hydrogen (secondary N) is 1. The summed E-state index contributed by atoms with van der Waals surface area (Å²) in [5.41, 5.74) is 1.57. The molecule has 32 heavy (non-hydrogen) atoms. The first-order valence-electron chi connectivity index (χ1n) is 10.8. The highest BCUT2D eigenvalue weighted by molar-refractivity contribution is 8.00. The number of carbonyl (C=O) groups is 2. The van der Waals surface area contributed by atoms with Gasteiger partial charge < -0.3 is 10.1 Å². The van der Waals surface area contributed by atoms with Gasteiger partial charge in [0.15, 0.2) is 17.5 Å². The lowest BCUT2D eigenvalue weighted by Gasteiger charge is -2.21. The van der Waals surface area contributed by atoms with Crippen LogP contribution in [0, 0.1) is 0 Å². The van der Waals surface area contributed by atoms with Crippen LogP contribution in [0.1, 0.15) is 49.0 Å². The number of anilines is 1. The van der Waals surface area contributed by atoms with Crippen molar-refractivity contribution in [3.8, 4) is 5.75 Å². The van der Waals surface area contributed by atoms with Crippen molar-refractivity contribution >= 4 is 40.0 Å². The molecule has 2 aromatic carbocycles. The molecule has 5 rings (SSSR count). The van der Waals surface area contributed by atoms with Crippen molar-refractivity contribution in [2.24, 2.45) is 0 Å². The Morgan fingerprint density at radius 3 is 2.78 bits per heavy atom. The van der Waals surface area contributed by atoms with E-state index in [0.29, 0.717) is 33.1 Å². The van der Waals surface area contributed by atoms with E-state index in [0.717, 1.165) is 25.7 Å². The van der Waals surface area contributed by atoms with E-state index >= 15 is 0 Å². The number of nitrogens with zero attached hydrogens (tertiary/aromatic N) is 2. The first-order valence-corrected chi connectivity index (χ1v) is 11.7. The molecular formula is C24H23N3O4S. The van der Waals surface area contributed by atoms with Crippen LogP contribution in [0.15, 0.2) is 52.4 Å². The molecule has 2 aliphatic rings. The summed E-state index contributed by atoms with van der Waals surface area (Å²) >= 11 is 1.31. The number of amides is 1. The third-order valence-electron chi connectivity index (χ3n) is 6.01. The molecule has 1 fully saturated rings. The lowest BCUT2D eigenvalue weighted by atomic mass is 10.1. The van der Waals surface area contributed by atoms with Gasteiger partial charge >= 0.3 is 0 Å². The van der Waals surface area contributed by atoms with E-state index in [1.165, 1.54) is 11.8 Å². The van der Waals surface area contributed by atoms with Gasteiger partial charge in [0, 0.05) is 11.6 Å². The number of Topliss-reactive ketones (excluding diaryl/α,β-unsaturated/α-hetero) is 1. The average molecular weight is 450 g/mol. The van der Waals surface area contributed by atoms with Gasteiger partial charge in [0.05, 0.1) is 21.8 Å². The van der Waals surface area contributed by atoms with E-state index in [-0.39, 0.29) is 29.9 Å². The molecule has 1 unspecified atom stereocenters. The normalized spacial score (nSPS) is 17.0. The van der Waals surface area contributed by atoms with E-state index in [2.05, 4.69) is 5.32 Å². The van der Waals surface area contributed by atoms with Crippen molar-refractivity contribution < 1.29 is 14.3 Å². The molecule has 3 aromatic rings. The Balaban J connectivity index is 1.48. The lowest BCUT2D eigenvalue weighted by Crippen LogP contribution is -2.28. The zero-order valence-electron chi connectivity index (χ0n) is 17.7. The van der Waals surface area contributed by atoms with Crippen LogP contribution in [0.2, 0.25) is 0 Å². The fraction of sp³-hybridized carbons (Fsp3) is 0.333. The highest BCUT2D eigenvalue weighted by Crippen LogP contribution is 2.35. The molecule has 1 N–H and O–H groups in total. The van der Waals surface area contributed by atoms with Crippen molar-refractivity contribution in [2.45, 2.75) is 49.1 Å². The minimum Gasteiger partial charge on any atom is -0.482 e. The van der Waals surface area contributed by atoms with Crippen LogP contribution in [-0.4, -0.2) is 33.1 Å². The predicted molar refractivity (Wildman–Crippen MR) is 124 cm³/mol. The molecular weight excluding hydrogens is 426 g/mol. The van der Waals surface area contributed by atoms with Crippen LogP contribution in [0.3, 0.4) is 0 Å². The lowest BCUT2D eigenvalue weighted by molar-refractivity contribution is -0.118. The highest BCUT2D eigenvalue weighted by atomic mass is 32.2. The summed E-state index contributed by atoms with van der Waals surface area (Å²) in [5.74, 6) is 0.205. The summed E-state index contributed by atoms with van der Waals surface area (Å²) < 4.78 is 7.17. The van der Waals surface area contributed by atoms with E-state index in [1.807, 2.05) is 31.2 Å². The minimum absolute atomic E-state index is 0.0289. The van der Waals surface area contributed by atoms with Gasteiger partial charge in [0.2, 0.25) is 0 Å². The van der Waals surface area contributed by atoms with Crippen molar-refractivity contribution in [3.63, 3.8) is 0 Å². The van der Waals surface area contributed by atoms with Gasteiger partial charge in [-0.25, -0.2) is 4.98 Å². The summed E-state index contributed by atoms with van der Waals surface area (Å²) in [4.78, 5) is 42.9. The Kier molecular flexibility index (Phi) is 5.46. The second kappa shape index (κ2) is 8.43. The van der Waals surface area contributed by atoms with Crippen molar-refractivity contribution in [2.75, 3.05) is 11.9 Å². The number of para-hydroxylation sites is 1. The molecule has 1 aliphatic carbocycles. The number of hydrogen-bond donors (Lipinski definition) is 1. The third-order valence-corrected chi connectivity index (χ3v) is 7.08. The van der Waals surface area contributed by atoms with Crippen LogP contribution < -0.4 is 15.6 Å². The number of benzene rings is 2. The van der Waals surface area contributed by atoms with Gasteiger partial charge in [-0.15, -0.1) is 0 Å². The van der Waals surface area contributed by atoms with Crippen LogP contribution in [0.25, 0.3) is 10.9 Å². The zero-order valence-corrected chi connectivity index (χ0v) is 18.5. The fourth-order valence-electron chi connectivity index (χ4n) is 4.38. The maximum atomic E-state index is 13.3. The number of rotatable bonds is 5. The van der Waals surface area contributed by atoms with Gasteiger partial charge in [0.1, 0.15) is 5.75 Å². The standard InChI is InChI=1S/C24H23N3O4S/c1-14(22(29)15-10-11-20-19(12-15)25-21(28)13-31-20)32-24-26-18-9-5-4-8-17(18)23(30)27(24)16-6-2-3-7-16/h4-5,8-12,14,16H,2-3,6-7,13H2,1H3,(H,25,28). The number of carbonyl (C=O) groups excluding carboxylic acids is 2. The molecule has 8 heteroatoms.